The van der Waals surface area contributed by atoms with E-state index in [1.54, 1.807) is 0 Å². The van der Waals surface area contributed by atoms with Crippen molar-refractivity contribution in [2.45, 2.75) is 38.5 Å². The number of nitrogens with two attached hydrogens (primary N) is 1. The molecule has 0 aliphatic heterocycles. The molecule has 0 aromatic heterocycles. The van der Waals surface area contributed by atoms with Crippen molar-refractivity contribution in [2.75, 3.05) is 6.54 Å². The third kappa shape index (κ3) is 3.52. The molecule has 1 aliphatic carbocycles. The van der Waals surface area contributed by atoms with Gasteiger partial charge in [0.15, 0.2) is 0 Å². The van der Waals surface area contributed by atoms with Gasteiger partial charge in [0.2, 0.25) is 0 Å². The summed E-state index contributed by atoms with van der Waals surface area (Å²) >= 11 is 0. The van der Waals surface area contributed by atoms with Crippen LogP contribution in [0.3, 0.4) is 0 Å². The highest BCUT2D eigenvalue weighted by Gasteiger charge is 2.23. The molecule has 2 atom stereocenters. The summed E-state index contributed by atoms with van der Waals surface area (Å²) in [6, 6.07) is 3.82. The number of rotatable bonds is 3. The van der Waals surface area contributed by atoms with E-state index in [9.17, 15) is 8.78 Å². The van der Waals surface area contributed by atoms with Crippen LogP contribution in [-0.2, 0) is 6.42 Å². The van der Waals surface area contributed by atoms with Crippen LogP contribution >= 0.6 is 0 Å². The highest BCUT2D eigenvalue weighted by atomic mass is 19.1. The molecule has 0 radical (unpaired) electrons. The van der Waals surface area contributed by atoms with Crippen LogP contribution in [0, 0.1) is 23.5 Å². The van der Waals surface area contributed by atoms with Gasteiger partial charge in [0.1, 0.15) is 11.6 Å². The first-order chi connectivity index (χ1) is 8.69. The Bertz CT molecular complexity index is 372. The summed E-state index contributed by atoms with van der Waals surface area (Å²) in [7, 11) is 0. The van der Waals surface area contributed by atoms with E-state index in [1.165, 1.54) is 31.4 Å². The molecule has 3 heteroatoms. The SMILES string of the molecule is NCC1CCCCCC1Cc1cc(F)cc(F)c1. The van der Waals surface area contributed by atoms with Crippen LogP contribution in [0.15, 0.2) is 18.2 Å². The van der Waals surface area contributed by atoms with E-state index < -0.39 is 11.6 Å². The van der Waals surface area contributed by atoms with Gasteiger partial charge in [0, 0.05) is 6.07 Å². The quantitative estimate of drug-likeness (QED) is 0.817. The summed E-state index contributed by atoms with van der Waals surface area (Å²) in [5.41, 5.74) is 6.59. The van der Waals surface area contributed by atoms with Crippen LogP contribution in [0.4, 0.5) is 8.78 Å². The van der Waals surface area contributed by atoms with Crippen LogP contribution < -0.4 is 5.73 Å². The molecule has 1 aliphatic rings. The molecule has 1 fully saturated rings. The zero-order valence-electron chi connectivity index (χ0n) is 10.7. The molecule has 18 heavy (non-hydrogen) atoms. The summed E-state index contributed by atoms with van der Waals surface area (Å²) in [6.07, 6.45) is 6.72. The summed E-state index contributed by atoms with van der Waals surface area (Å²) in [6.45, 7) is 0.683. The number of halogens is 2. The standard InChI is InChI=1S/C15H21F2N/c16-14-7-11(8-15(17)9-14)6-12-4-2-1-3-5-13(12)10-18/h7-9,12-13H,1-6,10,18H2. The molecule has 0 amide bonds. The van der Waals surface area contributed by atoms with Crippen LogP contribution in [-0.4, -0.2) is 6.54 Å². The molecule has 0 heterocycles. The lowest BCUT2D eigenvalue weighted by atomic mass is 9.83. The zero-order chi connectivity index (χ0) is 13.0. The molecule has 100 valence electrons. The van der Waals surface area contributed by atoms with Crippen molar-refractivity contribution in [3.8, 4) is 0 Å². The maximum absolute atomic E-state index is 13.2. The second-order valence-corrected chi connectivity index (χ2v) is 5.38. The van der Waals surface area contributed by atoms with Crippen LogP contribution in [0.25, 0.3) is 0 Å². The fourth-order valence-corrected chi connectivity index (χ4v) is 3.07. The second kappa shape index (κ2) is 6.28. The maximum atomic E-state index is 13.2. The topological polar surface area (TPSA) is 26.0 Å². The molecule has 1 aromatic rings. The van der Waals surface area contributed by atoms with Gasteiger partial charge in [-0.1, -0.05) is 19.3 Å². The highest BCUT2D eigenvalue weighted by molar-refractivity contribution is 5.18. The van der Waals surface area contributed by atoms with E-state index in [0.717, 1.165) is 30.9 Å². The fourth-order valence-electron chi connectivity index (χ4n) is 3.07. The monoisotopic (exact) mass is 253 g/mol. The Kier molecular flexibility index (Phi) is 4.70. The average Bonchev–Trinajstić information content (AvgIpc) is 2.52. The minimum atomic E-state index is -0.483. The lowest BCUT2D eigenvalue weighted by Crippen LogP contribution is -2.24. The van der Waals surface area contributed by atoms with E-state index in [2.05, 4.69) is 0 Å². The Morgan fingerprint density at radius 2 is 1.56 bits per heavy atom. The van der Waals surface area contributed by atoms with Gasteiger partial charge >= 0.3 is 0 Å². The van der Waals surface area contributed by atoms with Crippen LogP contribution in [0.1, 0.15) is 37.7 Å². The van der Waals surface area contributed by atoms with Crippen molar-refractivity contribution >= 4 is 0 Å². The molecule has 1 aromatic carbocycles. The van der Waals surface area contributed by atoms with Gasteiger partial charge in [0.05, 0.1) is 0 Å². The second-order valence-electron chi connectivity index (χ2n) is 5.38. The van der Waals surface area contributed by atoms with E-state index in [1.807, 2.05) is 0 Å². The Morgan fingerprint density at radius 1 is 0.944 bits per heavy atom. The third-order valence-corrected chi connectivity index (χ3v) is 4.04. The molecule has 2 unspecified atom stereocenters. The number of benzene rings is 1. The normalized spacial score (nSPS) is 24.8. The Hall–Kier alpha value is -0.960. The van der Waals surface area contributed by atoms with Gasteiger partial charge in [0.25, 0.3) is 0 Å². The fraction of sp³-hybridized carbons (Fsp3) is 0.600. The maximum Gasteiger partial charge on any atom is 0.126 e. The zero-order valence-corrected chi connectivity index (χ0v) is 10.7. The van der Waals surface area contributed by atoms with E-state index in [0.29, 0.717) is 18.4 Å². The van der Waals surface area contributed by atoms with Gasteiger partial charge in [-0.05, 0) is 55.3 Å². The Balaban J connectivity index is 2.09. The lowest BCUT2D eigenvalue weighted by molar-refractivity contribution is 0.317. The molecule has 0 bridgehead atoms. The first-order valence-corrected chi connectivity index (χ1v) is 6.84. The first kappa shape index (κ1) is 13.5. The number of hydrogen-bond donors (Lipinski definition) is 1. The summed E-state index contributed by atoms with van der Waals surface area (Å²) < 4.78 is 26.4. The molecule has 1 saturated carbocycles. The van der Waals surface area contributed by atoms with Gasteiger partial charge in [-0.3, -0.25) is 0 Å². The van der Waals surface area contributed by atoms with Crippen molar-refractivity contribution in [1.82, 2.24) is 0 Å². The third-order valence-electron chi connectivity index (χ3n) is 4.04. The van der Waals surface area contributed by atoms with Crippen molar-refractivity contribution in [1.29, 1.82) is 0 Å². The van der Waals surface area contributed by atoms with Crippen molar-refractivity contribution in [3.05, 3.63) is 35.4 Å². The highest BCUT2D eigenvalue weighted by Crippen LogP contribution is 2.31. The molecular formula is C15H21F2N. The van der Waals surface area contributed by atoms with E-state index in [-0.39, 0.29) is 0 Å². The van der Waals surface area contributed by atoms with Crippen LogP contribution in [0.2, 0.25) is 0 Å². The minimum absolute atomic E-state index is 0.471. The van der Waals surface area contributed by atoms with Gasteiger partial charge < -0.3 is 5.73 Å². The lowest BCUT2D eigenvalue weighted by Gasteiger charge is -2.23. The van der Waals surface area contributed by atoms with Gasteiger partial charge in [-0.25, -0.2) is 8.78 Å². The largest absolute Gasteiger partial charge is 0.330 e. The summed E-state index contributed by atoms with van der Waals surface area (Å²) in [5, 5.41) is 0. The predicted molar refractivity (Wildman–Crippen MR) is 69.2 cm³/mol. The average molecular weight is 253 g/mol. The van der Waals surface area contributed by atoms with E-state index in [4.69, 9.17) is 5.73 Å². The minimum Gasteiger partial charge on any atom is -0.330 e. The molecular weight excluding hydrogens is 232 g/mol. The van der Waals surface area contributed by atoms with Crippen molar-refractivity contribution in [3.63, 3.8) is 0 Å². The van der Waals surface area contributed by atoms with Crippen molar-refractivity contribution < 1.29 is 8.78 Å². The summed E-state index contributed by atoms with van der Waals surface area (Å²) in [5.74, 6) is 0.00312. The molecule has 0 spiro atoms. The Labute approximate surface area is 107 Å². The molecule has 0 saturated heterocycles. The summed E-state index contributed by atoms with van der Waals surface area (Å²) in [4.78, 5) is 0. The van der Waals surface area contributed by atoms with Crippen LogP contribution in [0.5, 0.6) is 0 Å². The number of hydrogen-bond acceptors (Lipinski definition) is 1. The predicted octanol–water partition coefficient (Wildman–Crippen LogP) is 3.66. The Morgan fingerprint density at radius 3 is 2.17 bits per heavy atom. The molecule has 2 rings (SSSR count). The van der Waals surface area contributed by atoms with Crippen molar-refractivity contribution in [2.24, 2.45) is 17.6 Å². The van der Waals surface area contributed by atoms with Gasteiger partial charge in [-0.2, -0.15) is 0 Å². The van der Waals surface area contributed by atoms with Gasteiger partial charge in [-0.15, -0.1) is 0 Å². The molecule has 1 nitrogen and oxygen atoms in total. The molecule has 2 N–H and O–H groups in total. The van der Waals surface area contributed by atoms with E-state index >= 15 is 0 Å². The first-order valence-electron chi connectivity index (χ1n) is 6.84. The smallest absolute Gasteiger partial charge is 0.126 e.